The number of halogens is 1. The summed E-state index contributed by atoms with van der Waals surface area (Å²) in [5, 5.41) is 0.840. The number of benzene rings is 1. The zero-order valence-corrected chi connectivity index (χ0v) is 12.3. The molecular formula is C16H22ClNO. The van der Waals surface area contributed by atoms with Crippen molar-refractivity contribution < 1.29 is 4.79 Å². The van der Waals surface area contributed by atoms with Crippen molar-refractivity contribution in [3.63, 3.8) is 0 Å². The maximum absolute atomic E-state index is 11.9. The lowest BCUT2D eigenvalue weighted by Gasteiger charge is -2.31. The van der Waals surface area contributed by atoms with Crippen molar-refractivity contribution in [2.75, 3.05) is 13.1 Å². The van der Waals surface area contributed by atoms with Crippen molar-refractivity contribution in [3.8, 4) is 0 Å². The molecule has 1 aliphatic heterocycles. The molecule has 1 fully saturated rings. The number of rotatable bonds is 5. The lowest BCUT2D eigenvalue weighted by atomic mass is 9.90. The fourth-order valence-electron chi connectivity index (χ4n) is 2.73. The fourth-order valence-corrected chi connectivity index (χ4v) is 2.93. The lowest BCUT2D eigenvalue weighted by molar-refractivity contribution is -0.124. The van der Waals surface area contributed by atoms with Gasteiger partial charge in [0.2, 0.25) is 0 Å². The van der Waals surface area contributed by atoms with Gasteiger partial charge >= 0.3 is 0 Å². The van der Waals surface area contributed by atoms with Gasteiger partial charge in [-0.15, -0.1) is 0 Å². The molecule has 1 saturated heterocycles. The average Bonchev–Trinajstić information content (AvgIpc) is 2.42. The Hall–Kier alpha value is -0.860. The van der Waals surface area contributed by atoms with Crippen LogP contribution >= 0.6 is 11.6 Å². The van der Waals surface area contributed by atoms with Crippen molar-refractivity contribution in [3.05, 3.63) is 34.9 Å². The Bertz CT molecular complexity index is 425. The molecule has 0 spiro atoms. The third-order valence-corrected chi connectivity index (χ3v) is 4.26. The molecule has 0 atom stereocenters. The summed E-state index contributed by atoms with van der Waals surface area (Å²) >= 11 is 6.18. The fraction of sp³-hybridized carbons (Fsp3) is 0.562. The summed E-state index contributed by atoms with van der Waals surface area (Å²) in [6, 6.07) is 8.01. The van der Waals surface area contributed by atoms with Crippen LogP contribution in [0.3, 0.4) is 0 Å². The molecule has 2 nitrogen and oxygen atoms in total. The molecule has 0 saturated carbocycles. The van der Waals surface area contributed by atoms with Gasteiger partial charge in [-0.1, -0.05) is 36.7 Å². The summed E-state index contributed by atoms with van der Waals surface area (Å²) < 4.78 is 0. The zero-order valence-electron chi connectivity index (χ0n) is 11.6. The number of ketones is 1. The molecule has 1 aliphatic rings. The van der Waals surface area contributed by atoms with Gasteiger partial charge < -0.3 is 0 Å². The van der Waals surface area contributed by atoms with Crippen LogP contribution in [-0.4, -0.2) is 23.8 Å². The Morgan fingerprint density at radius 3 is 2.63 bits per heavy atom. The maximum Gasteiger partial charge on any atom is 0.136 e. The molecule has 0 aromatic heterocycles. The summed E-state index contributed by atoms with van der Waals surface area (Å²) in [5.41, 5.74) is 1.18. The van der Waals surface area contributed by atoms with Crippen molar-refractivity contribution >= 4 is 17.4 Å². The standard InChI is InChI=1S/C16H22ClNO/c1-2-5-16(19)13-8-10-18(11-9-13)12-14-6-3-4-7-15(14)17/h3-4,6-7,13H,2,5,8-12H2,1H3. The Morgan fingerprint density at radius 2 is 2.00 bits per heavy atom. The van der Waals surface area contributed by atoms with Gasteiger partial charge in [-0.25, -0.2) is 0 Å². The van der Waals surface area contributed by atoms with E-state index in [1.165, 1.54) is 5.56 Å². The van der Waals surface area contributed by atoms with E-state index in [4.69, 9.17) is 11.6 Å². The summed E-state index contributed by atoms with van der Waals surface area (Å²) in [5.74, 6) is 0.752. The average molecular weight is 280 g/mol. The molecule has 2 rings (SSSR count). The smallest absolute Gasteiger partial charge is 0.136 e. The van der Waals surface area contributed by atoms with Gasteiger partial charge in [0.1, 0.15) is 5.78 Å². The van der Waals surface area contributed by atoms with Crippen molar-refractivity contribution in [1.82, 2.24) is 4.90 Å². The molecule has 104 valence electrons. The van der Waals surface area contributed by atoms with E-state index in [1.807, 2.05) is 18.2 Å². The van der Waals surface area contributed by atoms with E-state index in [1.54, 1.807) is 0 Å². The molecule has 3 heteroatoms. The minimum Gasteiger partial charge on any atom is -0.299 e. The van der Waals surface area contributed by atoms with Crippen molar-refractivity contribution in [2.24, 2.45) is 5.92 Å². The SMILES string of the molecule is CCCC(=O)C1CCN(Cc2ccccc2Cl)CC1. The Kier molecular flexibility index (Phi) is 5.41. The largest absolute Gasteiger partial charge is 0.299 e. The molecule has 0 bridgehead atoms. The molecule has 0 amide bonds. The van der Waals surface area contributed by atoms with Crippen LogP contribution < -0.4 is 0 Å². The van der Waals surface area contributed by atoms with Crippen LogP contribution in [0.25, 0.3) is 0 Å². The third-order valence-electron chi connectivity index (χ3n) is 3.89. The van der Waals surface area contributed by atoms with Crippen LogP contribution in [0.4, 0.5) is 0 Å². The predicted molar refractivity (Wildman–Crippen MR) is 79.4 cm³/mol. The number of hydrogen-bond acceptors (Lipinski definition) is 2. The molecule has 0 N–H and O–H groups in total. The highest BCUT2D eigenvalue weighted by Gasteiger charge is 2.24. The van der Waals surface area contributed by atoms with E-state index < -0.39 is 0 Å². The molecule has 0 aliphatic carbocycles. The minimum atomic E-state index is 0.294. The third kappa shape index (κ3) is 4.05. The van der Waals surface area contributed by atoms with Gasteiger partial charge in [0.25, 0.3) is 0 Å². The Morgan fingerprint density at radius 1 is 1.32 bits per heavy atom. The van der Waals surface area contributed by atoms with Gasteiger partial charge in [0.05, 0.1) is 0 Å². The van der Waals surface area contributed by atoms with Gasteiger partial charge in [-0.05, 0) is 44.0 Å². The molecule has 0 unspecified atom stereocenters. The topological polar surface area (TPSA) is 20.3 Å². The Labute approximate surface area is 120 Å². The van der Waals surface area contributed by atoms with Crippen LogP contribution in [0.5, 0.6) is 0 Å². The molecule has 1 aromatic carbocycles. The summed E-state index contributed by atoms with van der Waals surface area (Å²) in [7, 11) is 0. The maximum atomic E-state index is 11.9. The summed E-state index contributed by atoms with van der Waals surface area (Å²) in [6.07, 6.45) is 3.72. The summed E-state index contributed by atoms with van der Waals surface area (Å²) in [4.78, 5) is 14.3. The number of Topliss-reactive ketones (excluding diaryl/α,β-unsaturated/α-hetero) is 1. The monoisotopic (exact) mass is 279 g/mol. The quantitative estimate of drug-likeness (QED) is 0.814. The number of carbonyl (C=O) groups excluding carboxylic acids is 1. The van der Waals surface area contributed by atoms with Crippen LogP contribution in [0, 0.1) is 5.92 Å². The number of piperidine rings is 1. The van der Waals surface area contributed by atoms with E-state index in [-0.39, 0.29) is 0 Å². The second-order valence-electron chi connectivity index (χ2n) is 5.36. The van der Waals surface area contributed by atoms with Crippen LogP contribution in [0.1, 0.15) is 38.2 Å². The van der Waals surface area contributed by atoms with Gasteiger partial charge in [0.15, 0.2) is 0 Å². The lowest BCUT2D eigenvalue weighted by Crippen LogP contribution is -2.35. The first-order chi connectivity index (χ1) is 9.20. The molecule has 0 radical (unpaired) electrons. The highest BCUT2D eigenvalue weighted by atomic mass is 35.5. The van der Waals surface area contributed by atoms with E-state index in [0.717, 1.165) is 50.3 Å². The van der Waals surface area contributed by atoms with E-state index in [0.29, 0.717) is 11.7 Å². The van der Waals surface area contributed by atoms with E-state index in [9.17, 15) is 4.79 Å². The highest BCUT2D eigenvalue weighted by Crippen LogP contribution is 2.23. The van der Waals surface area contributed by atoms with Crippen LogP contribution in [0.2, 0.25) is 5.02 Å². The first-order valence-electron chi connectivity index (χ1n) is 7.19. The van der Waals surface area contributed by atoms with Gasteiger partial charge in [0, 0.05) is 23.9 Å². The predicted octanol–water partition coefficient (Wildman–Crippen LogP) is 3.92. The van der Waals surface area contributed by atoms with Gasteiger partial charge in [-0.2, -0.15) is 0 Å². The van der Waals surface area contributed by atoms with E-state index in [2.05, 4.69) is 17.9 Å². The number of carbonyl (C=O) groups is 1. The molecule has 1 aromatic rings. The van der Waals surface area contributed by atoms with Crippen LogP contribution in [-0.2, 0) is 11.3 Å². The van der Waals surface area contributed by atoms with Crippen molar-refractivity contribution in [1.29, 1.82) is 0 Å². The van der Waals surface area contributed by atoms with E-state index >= 15 is 0 Å². The normalized spacial score (nSPS) is 17.6. The van der Waals surface area contributed by atoms with Gasteiger partial charge in [-0.3, -0.25) is 9.69 Å². The zero-order chi connectivity index (χ0) is 13.7. The minimum absolute atomic E-state index is 0.294. The summed E-state index contributed by atoms with van der Waals surface area (Å²) in [6.45, 7) is 4.98. The first-order valence-corrected chi connectivity index (χ1v) is 7.57. The first kappa shape index (κ1) is 14.5. The second kappa shape index (κ2) is 7.06. The molecule has 19 heavy (non-hydrogen) atoms. The van der Waals surface area contributed by atoms with Crippen molar-refractivity contribution in [2.45, 2.75) is 39.2 Å². The number of nitrogens with zero attached hydrogens (tertiary/aromatic N) is 1. The molecular weight excluding hydrogens is 258 g/mol. The van der Waals surface area contributed by atoms with Crippen LogP contribution in [0.15, 0.2) is 24.3 Å². The number of hydrogen-bond donors (Lipinski definition) is 0. The second-order valence-corrected chi connectivity index (χ2v) is 5.77. The molecule has 1 heterocycles. The Balaban J connectivity index is 1.84. The highest BCUT2D eigenvalue weighted by molar-refractivity contribution is 6.31. The number of likely N-dealkylation sites (tertiary alicyclic amines) is 1.